The van der Waals surface area contributed by atoms with Crippen LogP contribution in [0.1, 0.15) is 22.6 Å². The van der Waals surface area contributed by atoms with Crippen LogP contribution >= 0.6 is 0 Å². The highest BCUT2D eigenvalue weighted by molar-refractivity contribution is 6.39. The molecule has 0 unspecified atom stereocenters. The molecule has 1 aromatic heterocycles. The van der Waals surface area contributed by atoms with Gasteiger partial charge in [0.05, 0.1) is 0 Å². The van der Waals surface area contributed by atoms with E-state index in [1.807, 2.05) is 0 Å². The molecule has 0 saturated heterocycles. The Kier molecular flexibility index (Phi) is 5.80. The second kappa shape index (κ2) is 8.02. The van der Waals surface area contributed by atoms with E-state index in [4.69, 9.17) is 5.11 Å². The van der Waals surface area contributed by atoms with Crippen LogP contribution < -0.4 is 10.6 Å². The maximum atomic E-state index is 12.3. The number of benzene rings is 1. The second-order valence-corrected chi connectivity index (χ2v) is 5.06. The van der Waals surface area contributed by atoms with E-state index in [1.54, 1.807) is 29.9 Å². The van der Waals surface area contributed by atoms with Gasteiger partial charge in [-0.2, -0.15) is 0 Å². The van der Waals surface area contributed by atoms with Crippen LogP contribution in [0.25, 0.3) is 0 Å². The first-order valence-corrected chi connectivity index (χ1v) is 7.35. The van der Waals surface area contributed by atoms with E-state index >= 15 is 0 Å². The lowest BCUT2D eigenvalue weighted by Gasteiger charge is -2.07. The van der Waals surface area contributed by atoms with Crippen molar-refractivity contribution in [2.45, 2.75) is 6.42 Å². The van der Waals surface area contributed by atoms with E-state index in [9.17, 15) is 14.4 Å². The Morgan fingerprint density at radius 2 is 1.88 bits per heavy atom. The van der Waals surface area contributed by atoms with Crippen LogP contribution in [0.3, 0.4) is 0 Å². The number of aliphatic hydroxyl groups is 1. The van der Waals surface area contributed by atoms with Crippen molar-refractivity contribution in [2.75, 3.05) is 18.5 Å². The van der Waals surface area contributed by atoms with Gasteiger partial charge in [-0.1, -0.05) is 0 Å². The summed E-state index contributed by atoms with van der Waals surface area (Å²) in [5, 5.41) is 13.4. The number of carbonyl (C=O) groups excluding carboxylic acids is 3. The van der Waals surface area contributed by atoms with Crippen LogP contribution in [-0.2, 0) is 16.6 Å². The van der Waals surface area contributed by atoms with E-state index in [0.717, 1.165) is 0 Å². The highest BCUT2D eigenvalue weighted by Gasteiger charge is 2.15. The van der Waals surface area contributed by atoms with Gasteiger partial charge in [-0.05, 0) is 30.7 Å². The Hall–Kier alpha value is -3.00. The molecular weight excluding hydrogens is 312 g/mol. The molecule has 0 aliphatic heterocycles. The largest absolute Gasteiger partial charge is 0.396 e. The Labute approximate surface area is 138 Å². The molecule has 8 nitrogen and oxygen atoms in total. The predicted octanol–water partition coefficient (Wildman–Crippen LogP) is 0.0882. The minimum absolute atomic E-state index is 0.0621. The van der Waals surface area contributed by atoms with Gasteiger partial charge in [0.15, 0.2) is 5.82 Å². The third kappa shape index (κ3) is 4.26. The number of aromatic nitrogens is 2. The van der Waals surface area contributed by atoms with Gasteiger partial charge in [-0.15, -0.1) is 0 Å². The van der Waals surface area contributed by atoms with Crippen LogP contribution in [0.5, 0.6) is 0 Å². The number of nitrogens with one attached hydrogen (secondary N) is 2. The summed E-state index contributed by atoms with van der Waals surface area (Å²) in [6.07, 6.45) is 3.59. The maximum absolute atomic E-state index is 12.3. The van der Waals surface area contributed by atoms with E-state index < -0.39 is 11.8 Å². The minimum atomic E-state index is -0.809. The van der Waals surface area contributed by atoms with Crippen LogP contribution in [0.15, 0.2) is 36.7 Å². The van der Waals surface area contributed by atoms with Crippen LogP contribution in [0, 0.1) is 0 Å². The normalized spacial score (nSPS) is 10.2. The quantitative estimate of drug-likeness (QED) is 0.395. The Balaban J connectivity index is 1.97. The molecule has 0 bridgehead atoms. The Morgan fingerprint density at radius 3 is 2.46 bits per heavy atom. The summed E-state index contributed by atoms with van der Waals surface area (Å²) >= 11 is 0. The fourth-order valence-electron chi connectivity index (χ4n) is 1.97. The van der Waals surface area contributed by atoms with E-state index in [2.05, 4.69) is 15.6 Å². The molecule has 0 aliphatic rings. The van der Waals surface area contributed by atoms with Gasteiger partial charge in [0.25, 0.3) is 0 Å². The zero-order valence-electron chi connectivity index (χ0n) is 13.2. The van der Waals surface area contributed by atoms with Gasteiger partial charge in [0, 0.05) is 43.8 Å². The number of rotatable bonds is 6. The average Bonchev–Trinajstić information content (AvgIpc) is 3.01. The number of hydrogen-bond donors (Lipinski definition) is 3. The summed E-state index contributed by atoms with van der Waals surface area (Å²) in [6, 6.07) is 6.18. The monoisotopic (exact) mass is 330 g/mol. The molecule has 3 N–H and O–H groups in total. The van der Waals surface area contributed by atoms with Crippen molar-refractivity contribution in [3.63, 3.8) is 0 Å². The second-order valence-electron chi connectivity index (χ2n) is 5.06. The first-order valence-electron chi connectivity index (χ1n) is 7.35. The summed E-state index contributed by atoms with van der Waals surface area (Å²) < 4.78 is 1.62. The van der Waals surface area contributed by atoms with Gasteiger partial charge in [-0.25, -0.2) is 4.98 Å². The molecule has 126 valence electrons. The van der Waals surface area contributed by atoms with E-state index in [1.165, 1.54) is 18.3 Å². The van der Waals surface area contributed by atoms with Crippen molar-refractivity contribution in [1.29, 1.82) is 0 Å². The van der Waals surface area contributed by atoms with Crippen molar-refractivity contribution in [3.05, 3.63) is 48.0 Å². The highest BCUT2D eigenvalue weighted by Crippen LogP contribution is 2.12. The molecular formula is C16H18N4O4. The Bertz CT molecular complexity index is 737. The summed E-state index contributed by atoms with van der Waals surface area (Å²) in [5.74, 6) is -1.51. The third-order valence-electron chi connectivity index (χ3n) is 3.26. The molecule has 0 aliphatic carbocycles. The Morgan fingerprint density at radius 1 is 1.17 bits per heavy atom. The highest BCUT2D eigenvalue weighted by atomic mass is 16.3. The fourth-order valence-corrected chi connectivity index (χ4v) is 1.97. The van der Waals surface area contributed by atoms with Crippen molar-refractivity contribution in [3.8, 4) is 0 Å². The molecule has 0 saturated carbocycles. The SMILES string of the molecule is Cn1ccnc1C(=O)c1ccc(NC(=O)C(=O)NCCCO)cc1. The van der Waals surface area contributed by atoms with Crippen LogP contribution in [0.4, 0.5) is 5.69 Å². The molecule has 0 fully saturated rings. The van der Waals surface area contributed by atoms with Crippen molar-refractivity contribution in [2.24, 2.45) is 7.05 Å². The van der Waals surface area contributed by atoms with E-state index in [-0.39, 0.29) is 18.9 Å². The van der Waals surface area contributed by atoms with Crippen molar-refractivity contribution < 1.29 is 19.5 Å². The molecule has 2 amide bonds. The molecule has 0 radical (unpaired) electrons. The maximum Gasteiger partial charge on any atom is 0.313 e. The zero-order valence-corrected chi connectivity index (χ0v) is 13.2. The molecule has 0 atom stereocenters. The zero-order chi connectivity index (χ0) is 17.5. The minimum Gasteiger partial charge on any atom is -0.396 e. The molecule has 0 spiro atoms. The number of ketones is 1. The van der Waals surface area contributed by atoms with Gasteiger partial charge in [0.1, 0.15) is 0 Å². The molecule has 2 rings (SSSR count). The number of imidazole rings is 1. The van der Waals surface area contributed by atoms with Crippen LogP contribution in [0.2, 0.25) is 0 Å². The van der Waals surface area contributed by atoms with Crippen molar-refractivity contribution >= 4 is 23.3 Å². The predicted molar refractivity (Wildman–Crippen MR) is 86.4 cm³/mol. The topological polar surface area (TPSA) is 113 Å². The number of amides is 2. The molecule has 8 heteroatoms. The summed E-state index contributed by atoms with van der Waals surface area (Å²) in [5.41, 5.74) is 0.823. The summed E-state index contributed by atoms with van der Waals surface area (Å²) in [6.45, 7) is 0.160. The lowest BCUT2D eigenvalue weighted by Crippen LogP contribution is -2.36. The first kappa shape index (κ1) is 17.4. The molecule has 1 aromatic carbocycles. The van der Waals surface area contributed by atoms with Gasteiger partial charge < -0.3 is 20.3 Å². The number of carbonyl (C=O) groups is 3. The standard InChI is InChI=1S/C16H18N4O4/c1-20-9-8-17-14(20)13(22)11-3-5-12(6-4-11)19-16(24)15(23)18-7-2-10-21/h3-6,8-9,21H,2,7,10H2,1H3,(H,18,23)(H,19,24). The average molecular weight is 330 g/mol. The molecule has 24 heavy (non-hydrogen) atoms. The summed E-state index contributed by atoms with van der Waals surface area (Å²) in [7, 11) is 1.73. The van der Waals surface area contributed by atoms with Gasteiger partial charge >= 0.3 is 11.8 Å². The number of nitrogens with zero attached hydrogens (tertiary/aromatic N) is 2. The third-order valence-corrected chi connectivity index (χ3v) is 3.26. The molecule has 1 heterocycles. The van der Waals surface area contributed by atoms with Crippen molar-refractivity contribution in [1.82, 2.24) is 14.9 Å². The smallest absolute Gasteiger partial charge is 0.313 e. The van der Waals surface area contributed by atoms with Gasteiger partial charge in [0.2, 0.25) is 5.78 Å². The van der Waals surface area contributed by atoms with Gasteiger partial charge in [-0.3, -0.25) is 14.4 Å². The molecule has 2 aromatic rings. The number of aliphatic hydroxyl groups excluding tert-OH is 1. The fraction of sp³-hybridized carbons (Fsp3) is 0.250. The number of aryl methyl sites for hydroxylation is 1. The van der Waals surface area contributed by atoms with Crippen LogP contribution in [-0.4, -0.2) is 45.4 Å². The van der Waals surface area contributed by atoms with E-state index in [0.29, 0.717) is 23.5 Å². The lowest BCUT2D eigenvalue weighted by molar-refractivity contribution is -0.136. The first-order chi connectivity index (χ1) is 11.5. The lowest BCUT2D eigenvalue weighted by atomic mass is 10.1. The number of hydrogen-bond acceptors (Lipinski definition) is 5. The number of anilines is 1. The summed E-state index contributed by atoms with van der Waals surface area (Å²) in [4.78, 5) is 39.5.